The first-order chi connectivity index (χ1) is 18.0. The number of nitrogens with zero attached hydrogens (tertiary/aromatic N) is 5. The topological polar surface area (TPSA) is 125 Å². The highest BCUT2D eigenvalue weighted by molar-refractivity contribution is 6.30. The lowest BCUT2D eigenvalue weighted by Gasteiger charge is -2.09. The van der Waals surface area contributed by atoms with E-state index in [9.17, 15) is 4.79 Å². The average molecular weight is 509 g/mol. The Bertz CT molecular complexity index is 1790. The molecule has 9 nitrogen and oxygen atoms in total. The van der Waals surface area contributed by atoms with Crippen molar-refractivity contribution in [3.8, 4) is 33.8 Å². The van der Waals surface area contributed by atoms with Gasteiger partial charge in [0.25, 0.3) is 0 Å². The number of hydrogen-bond acceptors (Lipinski definition) is 6. The quantitative estimate of drug-likeness (QED) is 0.267. The predicted octanol–water partition coefficient (Wildman–Crippen LogP) is 5.87. The molecule has 1 aromatic carbocycles. The van der Waals surface area contributed by atoms with E-state index in [2.05, 4.69) is 35.5 Å². The number of anilines is 1. The minimum absolute atomic E-state index is 0.0684. The molecule has 0 spiro atoms. The van der Waals surface area contributed by atoms with E-state index in [0.29, 0.717) is 27.9 Å². The molecule has 0 radical (unpaired) electrons. The van der Waals surface area contributed by atoms with Gasteiger partial charge in [0.05, 0.1) is 34.5 Å². The van der Waals surface area contributed by atoms with Crippen molar-refractivity contribution in [3.63, 3.8) is 0 Å². The zero-order valence-electron chi connectivity index (χ0n) is 20.0. The Morgan fingerprint density at radius 3 is 2.65 bits per heavy atom. The number of aromatic nitrogens is 7. The van der Waals surface area contributed by atoms with E-state index < -0.39 is 0 Å². The van der Waals surface area contributed by atoms with Crippen molar-refractivity contribution in [2.75, 3.05) is 5.32 Å². The van der Waals surface area contributed by atoms with Crippen LogP contribution in [0.25, 0.3) is 55.8 Å². The van der Waals surface area contributed by atoms with Gasteiger partial charge in [0.2, 0.25) is 5.91 Å². The number of amides is 1. The Balaban J connectivity index is 1.41. The van der Waals surface area contributed by atoms with Gasteiger partial charge in [0.1, 0.15) is 5.69 Å². The zero-order chi connectivity index (χ0) is 25.5. The maximum absolute atomic E-state index is 12.1. The Morgan fingerprint density at radius 1 is 0.973 bits per heavy atom. The number of pyridine rings is 3. The molecule has 0 fully saturated rings. The standard InChI is InChI=1S/C27H21ClN8O/c1-14(2)27(37)32-19-7-16(9-29-11-19)17-8-20-24(35-36-25(20)31-10-17)26-33-22-13-30-12-21(23(22)34-26)15-4-3-5-18(28)6-15/h3-14H,1-2H3,(H,32,37)(H,33,34)(H,31,35,36). The number of benzene rings is 1. The van der Waals surface area contributed by atoms with E-state index in [1.807, 2.05) is 50.2 Å². The van der Waals surface area contributed by atoms with Crippen molar-refractivity contribution in [1.82, 2.24) is 35.1 Å². The molecule has 0 atom stereocenters. The molecule has 6 aromatic rings. The van der Waals surface area contributed by atoms with E-state index >= 15 is 0 Å². The van der Waals surface area contributed by atoms with Gasteiger partial charge in [0.15, 0.2) is 11.5 Å². The van der Waals surface area contributed by atoms with Crippen molar-refractivity contribution >= 4 is 45.3 Å². The summed E-state index contributed by atoms with van der Waals surface area (Å²) in [5.74, 6) is 0.415. The summed E-state index contributed by atoms with van der Waals surface area (Å²) in [6.45, 7) is 3.69. The Kier molecular flexibility index (Phi) is 5.61. The van der Waals surface area contributed by atoms with Crippen LogP contribution in [0.1, 0.15) is 13.8 Å². The van der Waals surface area contributed by atoms with Crippen LogP contribution < -0.4 is 5.32 Å². The van der Waals surface area contributed by atoms with Crippen LogP contribution in [-0.4, -0.2) is 41.0 Å². The summed E-state index contributed by atoms with van der Waals surface area (Å²) in [6.07, 6.45) is 8.61. The minimum atomic E-state index is -0.131. The van der Waals surface area contributed by atoms with Crippen LogP contribution in [0.15, 0.2) is 67.4 Å². The molecule has 0 unspecified atom stereocenters. The SMILES string of the molecule is CC(C)C(=O)Nc1cncc(-c2cnc3n[nH]c(-c4nc5c(-c6cccc(Cl)c6)cncc5[nH]4)c3c2)c1. The van der Waals surface area contributed by atoms with Crippen LogP contribution in [0, 0.1) is 5.92 Å². The number of carbonyl (C=O) groups excluding carboxylic acids is 1. The van der Waals surface area contributed by atoms with Crippen molar-refractivity contribution < 1.29 is 4.79 Å². The van der Waals surface area contributed by atoms with E-state index in [1.54, 1.807) is 31.0 Å². The summed E-state index contributed by atoms with van der Waals surface area (Å²) in [6, 6.07) is 11.5. The highest BCUT2D eigenvalue weighted by Gasteiger charge is 2.17. The van der Waals surface area contributed by atoms with Crippen molar-refractivity contribution in [3.05, 3.63) is 72.4 Å². The van der Waals surface area contributed by atoms with Gasteiger partial charge in [-0.15, -0.1) is 0 Å². The van der Waals surface area contributed by atoms with Gasteiger partial charge < -0.3 is 10.3 Å². The van der Waals surface area contributed by atoms with Crippen molar-refractivity contribution in [1.29, 1.82) is 0 Å². The molecule has 182 valence electrons. The predicted molar refractivity (Wildman–Crippen MR) is 144 cm³/mol. The lowest BCUT2D eigenvalue weighted by molar-refractivity contribution is -0.118. The van der Waals surface area contributed by atoms with Gasteiger partial charge in [-0.25, -0.2) is 9.97 Å². The van der Waals surface area contributed by atoms with Crippen LogP contribution >= 0.6 is 11.6 Å². The molecule has 10 heteroatoms. The number of fused-ring (bicyclic) bond motifs is 2. The molecule has 0 aliphatic rings. The molecule has 0 saturated carbocycles. The lowest BCUT2D eigenvalue weighted by Crippen LogP contribution is -2.17. The summed E-state index contributed by atoms with van der Waals surface area (Å²) in [5, 5.41) is 11.8. The number of nitrogens with one attached hydrogen (secondary N) is 3. The van der Waals surface area contributed by atoms with Gasteiger partial charge in [-0.1, -0.05) is 37.6 Å². The smallest absolute Gasteiger partial charge is 0.226 e. The summed E-state index contributed by atoms with van der Waals surface area (Å²) in [4.78, 5) is 33.6. The first kappa shape index (κ1) is 22.8. The second kappa shape index (κ2) is 9.11. The monoisotopic (exact) mass is 508 g/mol. The maximum Gasteiger partial charge on any atom is 0.226 e. The second-order valence-electron chi connectivity index (χ2n) is 8.98. The molecule has 37 heavy (non-hydrogen) atoms. The fourth-order valence-corrected chi connectivity index (χ4v) is 4.30. The van der Waals surface area contributed by atoms with Gasteiger partial charge in [-0.3, -0.25) is 19.9 Å². The lowest BCUT2D eigenvalue weighted by atomic mass is 10.1. The highest BCUT2D eigenvalue weighted by atomic mass is 35.5. The zero-order valence-corrected chi connectivity index (χ0v) is 20.7. The molecule has 6 rings (SSSR count). The van der Waals surface area contributed by atoms with Crippen molar-refractivity contribution in [2.24, 2.45) is 5.92 Å². The van der Waals surface area contributed by atoms with Crippen LogP contribution in [-0.2, 0) is 4.79 Å². The van der Waals surface area contributed by atoms with Gasteiger partial charge in [-0.05, 0) is 29.8 Å². The summed E-state index contributed by atoms with van der Waals surface area (Å²) < 4.78 is 0. The minimum Gasteiger partial charge on any atom is -0.335 e. The fraction of sp³-hybridized carbons (Fsp3) is 0.111. The molecule has 5 aromatic heterocycles. The number of rotatable bonds is 5. The molecule has 0 bridgehead atoms. The Hall–Kier alpha value is -4.63. The van der Waals surface area contributed by atoms with Gasteiger partial charge in [0, 0.05) is 46.2 Å². The van der Waals surface area contributed by atoms with E-state index in [1.165, 1.54) is 0 Å². The maximum atomic E-state index is 12.1. The molecule has 0 saturated heterocycles. The first-order valence-corrected chi connectivity index (χ1v) is 12.0. The third-order valence-corrected chi connectivity index (χ3v) is 6.27. The third kappa shape index (κ3) is 4.30. The molecule has 0 aliphatic carbocycles. The van der Waals surface area contributed by atoms with Gasteiger partial charge >= 0.3 is 0 Å². The summed E-state index contributed by atoms with van der Waals surface area (Å²) in [7, 11) is 0. The number of carbonyl (C=O) groups is 1. The Labute approximate surface area is 216 Å². The second-order valence-corrected chi connectivity index (χ2v) is 9.42. The number of aromatic amines is 2. The van der Waals surface area contributed by atoms with E-state index in [-0.39, 0.29) is 11.8 Å². The number of hydrogen-bond donors (Lipinski definition) is 3. The first-order valence-electron chi connectivity index (χ1n) is 11.7. The molecule has 5 heterocycles. The van der Waals surface area contributed by atoms with Crippen LogP contribution in [0.4, 0.5) is 5.69 Å². The summed E-state index contributed by atoms with van der Waals surface area (Å²) >= 11 is 6.22. The third-order valence-electron chi connectivity index (χ3n) is 6.04. The number of imidazole rings is 1. The Morgan fingerprint density at radius 2 is 1.81 bits per heavy atom. The van der Waals surface area contributed by atoms with Crippen LogP contribution in [0.2, 0.25) is 5.02 Å². The average Bonchev–Trinajstić information content (AvgIpc) is 3.52. The van der Waals surface area contributed by atoms with E-state index in [4.69, 9.17) is 16.6 Å². The number of halogens is 1. The largest absolute Gasteiger partial charge is 0.335 e. The molecular formula is C27H21ClN8O. The van der Waals surface area contributed by atoms with Crippen molar-refractivity contribution in [2.45, 2.75) is 13.8 Å². The van der Waals surface area contributed by atoms with Crippen LogP contribution in [0.5, 0.6) is 0 Å². The van der Waals surface area contributed by atoms with E-state index in [0.717, 1.165) is 38.7 Å². The molecule has 1 amide bonds. The fourth-order valence-electron chi connectivity index (χ4n) is 4.11. The van der Waals surface area contributed by atoms with Crippen LogP contribution in [0.3, 0.4) is 0 Å². The molecule has 0 aliphatic heterocycles. The normalized spacial score (nSPS) is 11.5. The van der Waals surface area contributed by atoms with Gasteiger partial charge in [-0.2, -0.15) is 5.10 Å². The molecule has 3 N–H and O–H groups in total. The molecular weight excluding hydrogens is 488 g/mol. The number of H-pyrrole nitrogens is 2. The summed E-state index contributed by atoms with van der Waals surface area (Å²) in [5.41, 5.74) is 6.91. The highest BCUT2D eigenvalue weighted by Crippen LogP contribution is 2.33.